The molecule has 1 atom stereocenters. The van der Waals surface area contributed by atoms with Crippen LogP contribution in [0.4, 0.5) is 0 Å². The Morgan fingerprint density at radius 3 is 2.58 bits per heavy atom. The van der Waals surface area contributed by atoms with E-state index in [-0.39, 0.29) is 11.9 Å². The molecule has 0 bridgehead atoms. The molecule has 0 radical (unpaired) electrons. The number of carbonyl (C=O) groups is 1. The number of hydrogen-bond acceptors (Lipinski definition) is 2. The second-order valence-electron chi connectivity index (χ2n) is 3.17. The zero-order valence-corrected chi connectivity index (χ0v) is 8.29. The van der Waals surface area contributed by atoms with E-state index in [1.54, 1.807) is 6.08 Å². The average Bonchev–Trinajstić information content (AvgIpc) is 1.84. The van der Waals surface area contributed by atoms with E-state index in [1.807, 2.05) is 32.8 Å². The van der Waals surface area contributed by atoms with Crippen molar-refractivity contribution in [2.24, 2.45) is 0 Å². The van der Waals surface area contributed by atoms with E-state index in [2.05, 4.69) is 5.32 Å². The second kappa shape index (κ2) is 5.77. The van der Waals surface area contributed by atoms with Crippen LogP contribution in [0.5, 0.6) is 0 Å². The molecule has 0 aliphatic heterocycles. The van der Waals surface area contributed by atoms with Gasteiger partial charge in [-0.3, -0.25) is 4.79 Å². The number of carbonyl (C=O) groups excluding carboxylic acids is 1. The third-order valence-corrected chi connectivity index (χ3v) is 1.35. The number of allylic oxidation sites excluding steroid dienone is 1. The molecule has 0 aliphatic carbocycles. The lowest BCUT2D eigenvalue weighted by atomic mass is 10.3. The summed E-state index contributed by atoms with van der Waals surface area (Å²) in [4.78, 5) is 13.1. The third kappa shape index (κ3) is 5.92. The fraction of sp³-hybridized carbons (Fsp3) is 0.667. The molecule has 1 N–H and O–H groups in total. The summed E-state index contributed by atoms with van der Waals surface area (Å²) in [5.41, 5.74) is 0. The largest absolute Gasteiger partial charge is 0.349 e. The van der Waals surface area contributed by atoms with E-state index in [0.29, 0.717) is 0 Å². The first-order valence-electron chi connectivity index (χ1n) is 4.14. The molecule has 3 nitrogen and oxygen atoms in total. The highest BCUT2D eigenvalue weighted by atomic mass is 16.1. The summed E-state index contributed by atoms with van der Waals surface area (Å²) in [5.74, 6) is -0.0214. The van der Waals surface area contributed by atoms with E-state index in [1.165, 1.54) is 6.08 Å². The second-order valence-corrected chi connectivity index (χ2v) is 3.17. The fourth-order valence-corrected chi connectivity index (χ4v) is 1.04. The molecule has 0 aromatic rings. The predicted molar refractivity (Wildman–Crippen MR) is 51.0 cm³/mol. The van der Waals surface area contributed by atoms with Crippen molar-refractivity contribution in [3.63, 3.8) is 0 Å². The summed E-state index contributed by atoms with van der Waals surface area (Å²) >= 11 is 0. The number of nitrogens with zero attached hydrogens (tertiary/aromatic N) is 1. The summed E-state index contributed by atoms with van der Waals surface area (Å²) in [5, 5.41) is 2.84. The lowest BCUT2D eigenvalue weighted by molar-refractivity contribution is -0.117. The van der Waals surface area contributed by atoms with Crippen LogP contribution < -0.4 is 5.32 Å². The monoisotopic (exact) mass is 170 g/mol. The Hall–Kier alpha value is -0.830. The van der Waals surface area contributed by atoms with Gasteiger partial charge in [-0.1, -0.05) is 6.08 Å². The minimum absolute atomic E-state index is 0.0214. The van der Waals surface area contributed by atoms with E-state index < -0.39 is 0 Å². The molecule has 12 heavy (non-hydrogen) atoms. The van der Waals surface area contributed by atoms with Crippen molar-refractivity contribution in [1.29, 1.82) is 0 Å². The van der Waals surface area contributed by atoms with Crippen LogP contribution in [-0.4, -0.2) is 37.5 Å². The Bertz CT molecular complexity index is 164. The van der Waals surface area contributed by atoms with Crippen molar-refractivity contribution in [3.05, 3.63) is 12.2 Å². The first-order valence-corrected chi connectivity index (χ1v) is 4.14. The third-order valence-electron chi connectivity index (χ3n) is 1.35. The fourth-order valence-electron chi connectivity index (χ4n) is 1.04. The lowest BCUT2D eigenvalue weighted by Gasteiger charge is -2.17. The van der Waals surface area contributed by atoms with Crippen LogP contribution in [0.1, 0.15) is 13.8 Å². The number of hydrogen-bond donors (Lipinski definition) is 1. The molecule has 0 aromatic carbocycles. The molecular weight excluding hydrogens is 152 g/mol. The summed E-state index contributed by atoms with van der Waals surface area (Å²) < 4.78 is 0. The van der Waals surface area contributed by atoms with Crippen molar-refractivity contribution >= 4 is 5.91 Å². The Labute approximate surface area is 74.4 Å². The van der Waals surface area contributed by atoms with Gasteiger partial charge in [0, 0.05) is 12.6 Å². The van der Waals surface area contributed by atoms with Crippen LogP contribution in [0.2, 0.25) is 0 Å². The summed E-state index contributed by atoms with van der Waals surface area (Å²) in [6, 6.07) is 0.198. The highest BCUT2D eigenvalue weighted by Crippen LogP contribution is 1.85. The van der Waals surface area contributed by atoms with Gasteiger partial charge >= 0.3 is 0 Å². The Kier molecular flexibility index (Phi) is 5.37. The van der Waals surface area contributed by atoms with Crippen LogP contribution in [0.3, 0.4) is 0 Å². The summed E-state index contributed by atoms with van der Waals surface area (Å²) in [6.07, 6.45) is 3.27. The molecule has 3 heteroatoms. The van der Waals surface area contributed by atoms with Crippen LogP contribution >= 0.6 is 0 Å². The SMILES string of the molecule is C/C=C/C(=O)NC(C)CN(C)C. The minimum atomic E-state index is -0.0214. The highest BCUT2D eigenvalue weighted by molar-refractivity contribution is 5.87. The van der Waals surface area contributed by atoms with Crippen LogP contribution in [0.25, 0.3) is 0 Å². The van der Waals surface area contributed by atoms with Gasteiger partial charge in [-0.25, -0.2) is 0 Å². The topological polar surface area (TPSA) is 32.3 Å². The zero-order chi connectivity index (χ0) is 9.56. The molecule has 0 rings (SSSR count). The van der Waals surface area contributed by atoms with Gasteiger partial charge < -0.3 is 10.2 Å². The average molecular weight is 170 g/mol. The van der Waals surface area contributed by atoms with E-state index in [9.17, 15) is 4.79 Å². The normalized spacial score (nSPS) is 13.8. The number of amides is 1. The van der Waals surface area contributed by atoms with Crippen LogP contribution in [0, 0.1) is 0 Å². The Balaban J connectivity index is 3.68. The molecule has 0 fully saturated rings. The van der Waals surface area contributed by atoms with Crippen molar-refractivity contribution < 1.29 is 4.79 Å². The van der Waals surface area contributed by atoms with Gasteiger partial charge in [0.1, 0.15) is 0 Å². The van der Waals surface area contributed by atoms with E-state index in [4.69, 9.17) is 0 Å². The first-order chi connectivity index (χ1) is 5.56. The maximum absolute atomic E-state index is 11.0. The maximum atomic E-state index is 11.0. The number of likely N-dealkylation sites (N-methyl/N-ethyl adjacent to an activating group) is 1. The molecule has 70 valence electrons. The van der Waals surface area contributed by atoms with E-state index >= 15 is 0 Å². The van der Waals surface area contributed by atoms with Gasteiger partial charge in [-0.15, -0.1) is 0 Å². The molecule has 0 aliphatic rings. The smallest absolute Gasteiger partial charge is 0.243 e. The molecule has 1 amide bonds. The lowest BCUT2D eigenvalue weighted by Crippen LogP contribution is -2.38. The van der Waals surface area contributed by atoms with Crippen molar-refractivity contribution in [3.8, 4) is 0 Å². The van der Waals surface area contributed by atoms with Gasteiger partial charge in [0.05, 0.1) is 0 Å². The van der Waals surface area contributed by atoms with Gasteiger partial charge in [-0.2, -0.15) is 0 Å². The quantitative estimate of drug-likeness (QED) is 0.628. The molecule has 0 spiro atoms. The predicted octanol–water partition coefficient (Wildman–Crippen LogP) is 0.629. The van der Waals surface area contributed by atoms with Gasteiger partial charge in [0.15, 0.2) is 0 Å². The molecule has 0 heterocycles. The Morgan fingerprint density at radius 1 is 1.58 bits per heavy atom. The molecular formula is C9H18N2O. The van der Waals surface area contributed by atoms with Crippen molar-refractivity contribution in [2.75, 3.05) is 20.6 Å². The molecule has 0 saturated carbocycles. The van der Waals surface area contributed by atoms with Gasteiger partial charge in [0.25, 0.3) is 0 Å². The molecule has 0 saturated heterocycles. The van der Waals surface area contributed by atoms with Gasteiger partial charge in [-0.05, 0) is 34.0 Å². The van der Waals surface area contributed by atoms with Crippen LogP contribution in [-0.2, 0) is 4.79 Å². The summed E-state index contributed by atoms with van der Waals surface area (Å²) in [6.45, 7) is 4.68. The van der Waals surface area contributed by atoms with Gasteiger partial charge in [0.2, 0.25) is 5.91 Å². The zero-order valence-electron chi connectivity index (χ0n) is 8.29. The Morgan fingerprint density at radius 2 is 2.17 bits per heavy atom. The molecule has 0 aromatic heterocycles. The standard InChI is InChI=1S/C9H18N2O/c1-5-6-9(12)10-8(2)7-11(3)4/h5-6,8H,7H2,1-4H3,(H,10,12)/b6-5+. The van der Waals surface area contributed by atoms with E-state index in [0.717, 1.165) is 6.54 Å². The first kappa shape index (κ1) is 11.2. The van der Waals surface area contributed by atoms with Crippen molar-refractivity contribution in [2.45, 2.75) is 19.9 Å². The van der Waals surface area contributed by atoms with Crippen LogP contribution in [0.15, 0.2) is 12.2 Å². The minimum Gasteiger partial charge on any atom is -0.349 e. The molecule has 1 unspecified atom stereocenters. The number of rotatable bonds is 4. The maximum Gasteiger partial charge on any atom is 0.243 e. The number of nitrogens with one attached hydrogen (secondary N) is 1. The summed E-state index contributed by atoms with van der Waals surface area (Å²) in [7, 11) is 3.97. The highest BCUT2D eigenvalue weighted by Gasteiger charge is 2.04. The van der Waals surface area contributed by atoms with Crippen molar-refractivity contribution in [1.82, 2.24) is 10.2 Å².